The van der Waals surface area contributed by atoms with E-state index in [0.717, 1.165) is 0 Å². The predicted octanol–water partition coefficient (Wildman–Crippen LogP) is 2.04. The van der Waals surface area contributed by atoms with Crippen LogP contribution in [0.1, 0.15) is 27.7 Å². The maximum atomic E-state index is 11.0. The normalized spacial score (nSPS) is 32.2. The molecule has 2 atom stereocenters. The van der Waals surface area contributed by atoms with Gasteiger partial charge in [-0.2, -0.15) is 0 Å². The van der Waals surface area contributed by atoms with Gasteiger partial charge in [0.05, 0.1) is 0 Å². The highest BCUT2D eigenvalue weighted by molar-refractivity contribution is 8.01. The highest BCUT2D eigenvalue weighted by Crippen LogP contribution is 2.39. The molecule has 0 unspecified atom stereocenters. The molecule has 1 fully saturated rings. The number of ether oxygens (including phenoxy) is 1. The van der Waals surface area contributed by atoms with Gasteiger partial charge >= 0.3 is 5.97 Å². The first-order valence-corrected chi connectivity index (χ1v) is 4.71. The summed E-state index contributed by atoms with van der Waals surface area (Å²) in [7, 11) is 0. The van der Waals surface area contributed by atoms with Gasteiger partial charge in [-0.15, -0.1) is 11.8 Å². The zero-order valence-electron chi connectivity index (χ0n) is 7.38. The van der Waals surface area contributed by atoms with Crippen molar-refractivity contribution in [3.05, 3.63) is 0 Å². The molecular formula is C8H14O2S. The Hall–Kier alpha value is -0.180. The molecule has 0 bridgehead atoms. The number of carbonyl (C=O) groups excluding carboxylic acids is 1. The number of cyclic esters (lactones) is 1. The van der Waals surface area contributed by atoms with Crippen LogP contribution in [0.4, 0.5) is 0 Å². The summed E-state index contributed by atoms with van der Waals surface area (Å²) in [6.45, 7) is 8.13. The van der Waals surface area contributed by atoms with E-state index in [9.17, 15) is 4.79 Å². The van der Waals surface area contributed by atoms with Gasteiger partial charge in [-0.25, -0.2) is 0 Å². The molecule has 1 rings (SSSR count). The SMILES string of the molecule is C[C@@H]1S[C@@H](C(C)(C)C)OC1=O. The lowest BCUT2D eigenvalue weighted by molar-refractivity contribution is -0.144. The number of hydrogen-bond acceptors (Lipinski definition) is 3. The van der Waals surface area contributed by atoms with Crippen LogP contribution in [-0.2, 0) is 9.53 Å². The summed E-state index contributed by atoms with van der Waals surface area (Å²) in [6.07, 6.45) is 0. The molecule has 1 aliphatic rings. The Balaban J connectivity index is 2.61. The summed E-state index contributed by atoms with van der Waals surface area (Å²) in [5.41, 5.74) is 0.0930. The standard InChI is InChI=1S/C8H14O2S/c1-5-6(9)10-7(11-5)8(2,3)4/h5,7H,1-4H3/t5-,7-/m0/s1. The van der Waals surface area contributed by atoms with E-state index in [2.05, 4.69) is 20.8 Å². The molecular weight excluding hydrogens is 160 g/mol. The largest absolute Gasteiger partial charge is 0.450 e. The van der Waals surface area contributed by atoms with Crippen molar-refractivity contribution in [3.8, 4) is 0 Å². The molecule has 0 amide bonds. The lowest BCUT2D eigenvalue weighted by Gasteiger charge is -2.23. The van der Waals surface area contributed by atoms with Crippen molar-refractivity contribution in [2.75, 3.05) is 0 Å². The molecule has 0 aromatic carbocycles. The Bertz CT molecular complexity index is 171. The van der Waals surface area contributed by atoms with E-state index in [0.29, 0.717) is 0 Å². The minimum atomic E-state index is -0.0741. The number of hydrogen-bond donors (Lipinski definition) is 0. The van der Waals surface area contributed by atoms with Gasteiger partial charge in [0, 0.05) is 5.41 Å². The Labute approximate surface area is 71.7 Å². The van der Waals surface area contributed by atoms with Crippen LogP contribution in [0.2, 0.25) is 0 Å². The van der Waals surface area contributed by atoms with Gasteiger partial charge < -0.3 is 4.74 Å². The Morgan fingerprint density at radius 1 is 1.45 bits per heavy atom. The van der Waals surface area contributed by atoms with E-state index < -0.39 is 0 Å². The lowest BCUT2D eigenvalue weighted by atomic mass is 9.98. The highest BCUT2D eigenvalue weighted by atomic mass is 32.2. The van der Waals surface area contributed by atoms with Gasteiger partial charge in [-0.3, -0.25) is 4.79 Å². The number of rotatable bonds is 0. The average Bonchev–Trinajstić information content (AvgIpc) is 2.11. The van der Waals surface area contributed by atoms with E-state index in [4.69, 9.17) is 4.74 Å². The third-order valence-electron chi connectivity index (χ3n) is 1.59. The quantitative estimate of drug-likeness (QED) is 0.526. The summed E-state index contributed by atoms with van der Waals surface area (Å²) >= 11 is 1.61. The van der Waals surface area contributed by atoms with Gasteiger partial charge in [0.25, 0.3) is 0 Å². The third-order valence-corrected chi connectivity index (χ3v) is 3.24. The second-order valence-electron chi connectivity index (χ2n) is 3.91. The number of thioether (sulfide) groups is 1. The molecule has 0 aromatic rings. The van der Waals surface area contributed by atoms with Crippen molar-refractivity contribution in [2.45, 2.75) is 38.4 Å². The van der Waals surface area contributed by atoms with Crippen LogP contribution in [0.5, 0.6) is 0 Å². The van der Waals surface area contributed by atoms with Crippen molar-refractivity contribution in [1.29, 1.82) is 0 Å². The molecule has 3 heteroatoms. The molecule has 2 nitrogen and oxygen atoms in total. The van der Waals surface area contributed by atoms with Crippen molar-refractivity contribution in [1.82, 2.24) is 0 Å². The fraction of sp³-hybridized carbons (Fsp3) is 0.875. The molecule has 1 heterocycles. The van der Waals surface area contributed by atoms with E-state index in [1.54, 1.807) is 11.8 Å². The topological polar surface area (TPSA) is 26.3 Å². The summed E-state index contributed by atoms with van der Waals surface area (Å²) in [5, 5.41) is 0.0132. The molecule has 1 aliphatic heterocycles. The van der Waals surface area contributed by atoms with E-state index >= 15 is 0 Å². The fourth-order valence-corrected chi connectivity index (χ4v) is 1.95. The van der Waals surface area contributed by atoms with Crippen molar-refractivity contribution < 1.29 is 9.53 Å². The fourth-order valence-electron chi connectivity index (χ4n) is 0.851. The molecule has 0 radical (unpaired) electrons. The molecule has 11 heavy (non-hydrogen) atoms. The summed E-state index contributed by atoms with van der Waals surface area (Å²) < 4.78 is 5.16. The monoisotopic (exact) mass is 174 g/mol. The number of carbonyl (C=O) groups is 1. The van der Waals surface area contributed by atoms with Crippen LogP contribution in [0.3, 0.4) is 0 Å². The number of esters is 1. The maximum Gasteiger partial charge on any atom is 0.320 e. The average molecular weight is 174 g/mol. The van der Waals surface area contributed by atoms with Crippen LogP contribution in [0.25, 0.3) is 0 Å². The Morgan fingerprint density at radius 3 is 2.18 bits per heavy atom. The molecule has 0 aliphatic carbocycles. The minimum Gasteiger partial charge on any atom is -0.450 e. The molecule has 0 saturated carbocycles. The first kappa shape index (κ1) is 8.91. The van der Waals surface area contributed by atoms with Gasteiger partial charge in [0.1, 0.15) is 5.25 Å². The van der Waals surface area contributed by atoms with E-state index in [-0.39, 0.29) is 22.1 Å². The second-order valence-corrected chi connectivity index (χ2v) is 5.32. The summed E-state index contributed by atoms with van der Waals surface area (Å²) in [5.74, 6) is -0.0741. The lowest BCUT2D eigenvalue weighted by Crippen LogP contribution is -2.23. The van der Waals surface area contributed by atoms with E-state index in [1.165, 1.54) is 0 Å². The van der Waals surface area contributed by atoms with Crippen LogP contribution < -0.4 is 0 Å². The Morgan fingerprint density at radius 2 is 2.00 bits per heavy atom. The first-order chi connectivity index (χ1) is 4.91. The van der Waals surface area contributed by atoms with Gasteiger partial charge in [0.2, 0.25) is 0 Å². The van der Waals surface area contributed by atoms with Gasteiger partial charge in [-0.1, -0.05) is 20.8 Å². The van der Waals surface area contributed by atoms with Crippen LogP contribution >= 0.6 is 11.8 Å². The van der Waals surface area contributed by atoms with Crippen molar-refractivity contribution >= 4 is 17.7 Å². The second kappa shape index (κ2) is 2.70. The zero-order valence-corrected chi connectivity index (χ0v) is 8.20. The highest BCUT2D eigenvalue weighted by Gasteiger charge is 2.38. The smallest absolute Gasteiger partial charge is 0.320 e. The predicted molar refractivity (Wildman–Crippen MR) is 46.4 cm³/mol. The summed E-state index contributed by atoms with van der Waals surface area (Å²) in [6, 6.07) is 0. The molecule has 0 spiro atoms. The van der Waals surface area contributed by atoms with Crippen molar-refractivity contribution in [2.24, 2.45) is 5.41 Å². The molecule has 64 valence electrons. The Kier molecular flexibility index (Phi) is 2.19. The first-order valence-electron chi connectivity index (χ1n) is 3.77. The minimum absolute atomic E-state index is 0.0132. The van der Waals surface area contributed by atoms with Crippen LogP contribution in [0.15, 0.2) is 0 Å². The van der Waals surface area contributed by atoms with Crippen LogP contribution in [0, 0.1) is 5.41 Å². The zero-order chi connectivity index (χ0) is 8.65. The third kappa shape index (κ3) is 1.89. The molecule has 0 aromatic heterocycles. The van der Waals surface area contributed by atoms with Gasteiger partial charge in [0.15, 0.2) is 5.44 Å². The van der Waals surface area contributed by atoms with E-state index in [1.807, 2.05) is 6.92 Å². The summed E-state index contributed by atoms with van der Waals surface area (Å²) in [4.78, 5) is 11.0. The molecule has 1 saturated heterocycles. The van der Waals surface area contributed by atoms with Crippen LogP contribution in [-0.4, -0.2) is 16.7 Å². The maximum absolute atomic E-state index is 11.0. The van der Waals surface area contributed by atoms with Gasteiger partial charge in [-0.05, 0) is 6.92 Å². The van der Waals surface area contributed by atoms with Crippen molar-refractivity contribution in [3.63, 3.8) is 0 Å². The molecule has 0 N–H and O–H groups in total.